The van der Waals surface area contributed by atoms with Gasteiger partial charge in [0.25, 0.3) is 5.91 Å². The van der Waals surface area contributed by atoms with Gasteiger partial charge in [-0.1, -0.05) is 23.2 Å². The number of aromatic nitrogens is 2. The highest BCUT2D eigenvalue weighted by Crippen LogP contribution is 2.35. The van der Waals surface area contributed by atoms with Crippen molar-refractivity contribution in [3.05, 3.63) is 57.7 Å². The van der Waals surface area contributed by atoms with Gasteiger partial charge in [0.2, 0.25) is 5.89 Å². The number of rotatable bonds is 10. The number of nitrogens with one attached hydrogen (secondary N) is 2. The van der Waals surface area contributed by atoms with Gasteiger partial charge in [-0.2, -0.15) is 0 Å². The van der Waals surface area contributed by atoms with E-state index in [1.807, 2.05) is 34.6 Å². The van der Waals surface area contributed by atoms with Gasteiger partial charge in [0, 0.05) is 35.6 Å². The van der Waals surface area contributed by atoms with E-state index >= 15 is 0 Å². The topological polar surface area (TPSA) is 125 Å². The molecule has 0 bridgehead atoms. The maximum Gasteiger partial charge on any atom is 0.408 e. The Morgan fingerprint density at radius 2 is 1.69 bits per heavy atom. The van der Waals surface area contributed by atoms with Crippen LogP contribution in [0.5, 0.6) is 11.5 Å². The average Bonchev–Trinajstić information content (AvgIpc) is 3.30. The molecular formula is C27H32Cl2N4O6. The maximum atomic E-state index is 13.3. The Hall–Kier alpha value is -3.50. The molecule has 0 radical (unpaired) electrons. The molecule has 2 aromatic heterocycles. The molecule has 0 saturated carbocycles. The molecule has 1 atom stereocenters. The van der Waals surface area contributed by atoms with Crippen LogP contribution in [-0.2, 0) is 11.3 Å². The third-order valence-electron chi connectivity index (χ3n) is 5.17. The van der Waals surface area contributed by atoms with Crippen molar-refractivity contribution >= 4 is 35.2 Å². The van der Waals surface area contributed by atoms with E-state index in [-0.39, 0.29) is 23.9 Å². The van der Waals surface area contributed by atoms with Gasteiger partial charge in [-0.15, -0.1) is 0 Å². The Morgan fingerprint density at radius 3 is 2.31 bits per heavy atom. The van der Waals surface area contributed by atoms with Crippen molar-refractivity contribution in [3.8, 4) is 23.0 Å². The number of hydrogen-bond donors (Lipinski definition) is 2. The van der Waals surface area contributed by atoms with Crippen molar-refractivity contribution in [2.45, 2.75) is 59.7 Å². The monoisotopic (exact) mass is 578 g/mol. The fraction of sp³-hybridized carbons (Fsp3) is 0.407. The minimum absolute atomic E-state index is 0.0118. The summed E-state index contributed by atoms with van der Waals surface area (Å²) in [5.74, 6) is 0.677. The molecule has 0 aliphatic heterocycles. The minimum atomic E-state index is -0.948. The molecular weight excluding hydrogens is 547 g/mol. The zero-order valence-electron chi connectivity index (χ0n) is 22.7. The lowest BCUT2D eigenvalue weighted by atomic mass is 10.1. The predicted octanol–water partition coefficient (Wildman–Crippen LogP) is 6.36. The maximum absolute atomic E-state index is 13.3. The third-order valence-corrected chi connectivity index (χ3v) is 5.82. The first kappa shape index (κ1) is 30.0. The summed E-state index contributed by atoms with van der Waals surface area (Å²) >= 11 is 12.4. The zero-order valence-corrected chi connectivity index (χ0v) is 24.2. The molecule has 2 heterocycles. The average molecular weight is 579 g/mol. The van der Waals surface area contributed by atoms with Crippen molar-refractivity contribution < 1.29 is 28.2 Å². The van der Waals surface area contributed by atoms with Crippen LogP contribution in [0.4, 0.5) is 4.79 Å². The minimum Gasteiger partial charge on any atom is -0.490 e. The number of hydrogen-bond acceptors (Lipinski definition) is 8. The largest absolute Gasteiger partial charge is 0.490 e. The Labute approximate surface area is 237 Å². The fourth-order valence-corrected chi connectivity index (χ4v) is 3.99. The summed E-state index contributed by atoms with van der Waals surface area (Å²) < 4.78 is 22.9. The van der Waals surface area contributed by atoms with Gasteiger partial charge < -0.3 is 29.3 Å². The Balaban J connectivity index is 1.97. The zero-order chi connectivity index (χ0) is 28.7. The lowest BCUT2D eigenvalue weighted by molar-refractivity contribution is 0.0841. The number of carbonyl (C=O) groups excluding carboxylic acids is 2. The molecule has 2 N–H and O–H groups in total. The highest BCUT2D eigenvalue weighted by Gasteiger charge is 2.29. The number of carbonyl (C=O) groups is 2. The number of benzene rings is 1. The van der Waals surface area contributed by atoms with Crippen LogP contribution in [0.15, 0.2) is 35.0 Å². The van der Waals surface area contributed by atoms with Crippen molar-refractivity contribution in [3.63, 3.8) is 0 Å². The van der Waals surface area contributed by atoms with Gasteiger partial charge in [0.1, 0.15) is 0 Å². The number of amides is 2. The van der Waals surface area contributed by atoms with Crippen LogP contribution in [-0.4, -0.2) is 40.7 Å². The molecule has 3 rings (SSSR count). The van der Waals surface area contributed by atoms with E-state index in [0.29, 0.717) is 45.9 Å². The van der Waals surface area contributed by atoms with Crippen LogP contribution in [0.1, 0.15) is 69.5 Å². The number of halogens is 2. The molecule has 39 heavy (non-hydrogen) atoms. The third kappa shape index (κ3) is 8.00. The normalized spacial score (nSPS) is 12.0. The number of oxazole rings is 1. The van der Waals surface area contributed by atoms with E-state index in [9.17, 15) is 9.59 Å². The summed E-state index contributed by atoms with van der Waals surface area (Å²) in [4.78, 5) is 34.1. The highest BCUT2D eigenvalue weighted by atomic mass is 35.5. The first-order chi connectivity index (χ1) is 18.4. The Morgan fingerprint density at radius 1 is 1.05 bits per heavy atom. The van der Waals surface area contributed by atoms with Crippen LogP contribution in [0.2, 0.25) is 10.0 Å². The van der Waals surface area contributed by atoms with Gasteiger partial charge in [-0.3, -0.25) is 9.78 Å². The SMILES string of the molecule is CCOc1ccc(-c2nc(C(=O)NCc3c(Cl)cncc3Cl)c([C@H](C)OC(=O)NC(C)(C)C)o2)cc1OCC. The second kappa shape index (κ2) is 13.0. The van der Waals surface area contributed by atoms with Gasteiger partial charge in [-0.25, -0.2) is 9.78 Å². The molecule has 10 nitrogen and oxygen atoms in total. The van der Waals surface area contributed by atoms with E-state index < -0.39 is 23.6 Å². The van der Waals surface area contributed by atoms with Gasteiger partial charge in [0.15, 0.2) is 29.1 Å². The molecule has 3 aromatic rings. The summed E-state index contributed by atoms with van der Waals surface area (Å²) in [6, 6.07) is 5.18. The highest BCUT2D eigenvalue weighted by molar-refractivity contribution is 6.35. The molecule has 0 fully saturated rings. The first-order valence-corrected chi connectivity index (χ1v) is 13.1. The summed E-state index contributed by atoms with van der Waals surface area (Å²) in [5, 5.41) is 6.07. The molecule has 0 unspecified atom stereocenters. The first-order valence-electron chi connectivity index (χ1n) is 12.4. The smallest absolute Gasteiger partial charge is 0.408 e. The quantitative estimate of drug-likeness (QED) is 0.285. The molecule has 0 saturated heterocycles. The van der Waals surface area contributed by atoms with Gasteiger partial charge in [0.05, 0.1) is 23.3 Å². The predicted molar refractivity (Wildman–Crippen MR) is 147 cm³/mol. The summed E-state index contributed by atoms with van der Waals surface area (Å²) in [6.45, 7) is 11.7. The number of ether oxygens (including phenoxy) is 3. The second-order valence-corrected chi connectivity index (χ2v) is 10.3. The molecule has 0 aliphatic rings. The Kier molecular flexibility index (Phi) is 10.0. The van der Waals surface area contributed by atoms with E-state index in [4.69, 9.17) is 41.8 Å². The van der Waals surface area contributed by atoms with Crippen LogP contribution in [0.3, 0.4) is 0 Å². The van der Waals surface area contributed by atoms with Gasteiger partial charge >= 0.3 is 6.09 Å². The van der Waals surface area contributed by atoms with E-state index in [2.05, 4.69) is 20.6 Å². The Bertz CT molecular complexity index is 1300. The molecule has 0 spiro atoms. The molecule has 12 heteroatoms. The molecule has 0 aliphatic carbocycles. The number of nitrogens with zero attached hydrogens (tertiary/aromatic N) is 2. The van der Waals surface area contributed by atoms with Crippen molar-refractivity contribution in [2.75, 3.05) is 13.2 Å². The van der Waals surface area contributed by atoms with E-state index in [1.54, 1.807) is 25.1 Å². The van der Waals surface area contributed by atoms with Crippen LogP contribution in [0.25, 0.3) is 11.5 Å². The fourth-order valence-electron chi connectivity index (χ4n) is 3.49. The summed E-state index contributed by atoms with van der Waals surface area (Å²) in [6.07, 6.45) is 1.24. The van der Waals surface area contributed by atoms with E-state index in [1.165, 1.54) is 12.4 Å². The summed E-state index contributed by atoms with van der Waals surface area (Å²) in [7, 11) is 0. The van der Waals surface area contributed by atoms with Gasteiger partial charge in [-0.05, 0) is 59.7 Å². The molecule has 210 valence electrons. The molecule has 1 aromatic carbocycles. The van der Waals surface area contributed by atoms with E-state index in [0.717, 1.165) is 0 Å². The standard InChI is InChI=1S/C27H32Cl2N4O6/c1-7-36-20-10-9-16(11-21(20)37-8-2)25-32-22(23(39-25)15(3)38-26(35)33-27(4,5)6)24(34)31-12-17-18(28)13-30-14-19(17)29/h9-11,13-15H,7-8,12H2,1-6H3,(H,31,34)(H,33,35)/t15-/m0/s1. The second-order valence-electron chi connectivity index (χ2n) is 9.45. The van der Waals surface area contributed by atoms with Crippen molar-refractivity contribution in [2.24, 2.45) is 0 Å². The lowest BCUT2D eigenvalue weighted by Crippen LogP contribution is -2.41. The molecule has 2 amide bonds. The van der Waals surface area contributed by atoms with Crippen molar-refractivity contribution in [1.29, 1.82) is 0 Å². The van der Waals surface area contributed by atoms with Crippen LogP contribution in [0, 0.1) is 0 Å². The number of pyridine rings is 1. The van der Waals surface area contributed by atoms with Crippen LogP contribution >= 0.6 is 23.2 Å². The summed E-state index contributed by atoms with van der Waals surface area (Å²) in [5.41, 5.74) is 0.446. The van der Waals surface area contributed by atoms with Crippen LogP contribution < -0.4 is 20.1 Å². The van der Waals surface area contributed by atoms with Crippen molar-refractivity contribution in [1.82, 2.24) is 20.6 Å². The number of alkyl carbamates (subject to hydrolysis) is 1. The lowest BCUT2D eigenvalue weighted by Gasteiger charge is -2.21.